The number of aliphatic hydroxyl groups excluding tert-OH is 1. The Morgan fingerprint density at radius 2 is 2.18 bits per heavy atom. The van der Waals surface area contributed by atoms with Gasteiger partial charge in [0.05, 0.1) is 11.7 Å². The molecule has 0 aliphatic rings. The topological polar surface area (TPSA) is 75.3 Å². The van der Waals surface area contributed by atoms with Crippen LogP contribution in [0.5, 0.6) is 0 Å². The molecule has 5 heteroatoms. The average Bonchev–Trinajstić information content (AvgIpc) is 2.15. The normalized spacial score (nSPS) is 14.1. The average molecular weight is 240 g/mol. The molecular formula is C12H17FN2O2. The summed E-state index contributed by atoms with van der Waals surface area (Å²) in [5, 5.41) is 11.9. The number of carbonyl (C=O) groups is 1. The van der Waals surface area contributed by atoms with Crippen LogP contribution in [0.3, 0.4) is 0 Å². The maximum absolute atomic E-state index is 12.8. The Kier molecular flexibility index (Phi) is 4.45. The number of nitrogen functional groups attached to an aromatic ring is 1. The lowest BCUT2D eigenvalue weighted by atomic mass is 10.1. The number of hydrogen-bond donors (Lipinski definition) is 3. The molecule has 0 radical (unpaired) electrons. The van der Waals surface area contributed by atoms with E-state index in [9.17, 15) is 14.3 Å². The Balaban J connectivity index is 2.70. The lowest BCUT2D eigenvalue weighted by molar-refractivity contribution is 0.0924. The summed E-state index contributed by atoms with van der Waals surface area (Å²) in [5.74, 6) is -0.841. The zero-order valence-corrected chi connectivity index (χ0v) is 9.90. The fourth-order valence-corrected chi connectivity index (χ4v) is 1.61. The maximum Gasteiger partial charge on any atom is 0.253 e. The fourth-order valence-electron chi connectivity index (χ4n) is 1.61. The van der Waals surface area contributed by atoms with E-state index in [0.717, 1.165) is 6.07 Å². The first kappa shape index (κ1) is 13.4. The second-order valence-corrected chi connectivity index (χ2v) is 4.19. The van der Waals surface area contributed by atoms with Crippen molar-refractivity contribution in [2.45, 2.75) is 32.4 Å². The summed E-state index contributed by atoms with van der Waals surface area (Å²) in [6.07, 6.45) is -0.0387. The highest BCUT2D eigenvalue weighted by molar-refractivity contribution is 5.99. The van der Waals surface area contributed by atoms with Crippen molar-refractivity contribution >= 4 is 11.6 Å². The monoisotopic (exact) mass is 240 g/mol. The Morgan fingerprint density at radius 3 is 2.71 bits per heavy atom. The molecule has 4 nitrogen and oxygen atoms in total. The first-order valence-corrected chi connectivity index (χ1v) is 5.44. The Labute approximate surface area is 99.6 Å². The van der Waals surface area contributed by atoms with Crippen LogP contribution in [0.25, 0.3) is 0 Å². The molecule has 0 spiro atoms. The van der Waals surface area contributed by atoms with E-state index in [4.69, 9.17) is 5.73 Å². The predicted molar refractivity (Wildman–Crippen MR) is 64.0 cm³/mol. The van der Waals surface area contributed by atoms with Crippen molar-refractivity contribution in [2.75, 3.05) is 5.73 Å². The SMILES string of the molecule is CC(O)CC(C)NC(=O)c1ccc(F)cc1N. The highest BCUT2D eigenvalue weighted by Gasteiger charge is 2.14. The van der Waals surface area contributed by atoms with Gasteiger partial charge in [0.15, 0.2) is 0 Å². The highest BCUT2D eigenvalue weighted by atomic mass is 19.1. The molecule has 0 aliphatic carbocycles. The summed E-state index contributed by atoms with van der Waals surface area (Å²) >= 11 is 0. The van der Waals surface area contributed by atoms with E-state index in [2.05, 4.69) is 5.32 Å². The van der Waals surface area contributed by atoms with Crippen LogP contribution in [0.15, 0.2) is 18.2 Å². The molecule has 0 fully saturated rings. The van der Waals surface area contributed by atoms with Gasteiger partial charge in [-0.3, -0.25) is 4.79 Å². The van der Waals surface area contributed by atoms with Gasteiger partial charge in [-0.1, -0.05) is 0 Å². The molecule has 4 N–H and O–H groups in total. The summed E-state index contributed by atoms with van der Waals surface area (Å²) in [4.78, 5) is 11.8. The van der Waals surface area contributed by atoms with Crippen molar-refractivity contribution in [3.63, 3.8) is 0 Å². The van der Waals surface area contributed by atoms with Gasteiger partial charge in [0.1, 0.15) is 5.82 Å². The number of benzene rings is 1. The van der Waals surface area contributed by atoms with Crippen LogP contribution >= 0.6 is 0 Å². The zero-order chi connectivity index (χ0) is 13.0. The summed E-state index contributed by atoms with van der Waals surface area (Å²) in [6, 6.07) is 3.46. The molecular weight excluding hydrogens is 223 g/mol. The number of halogens is 1. The standard InChI is InChI=1S/C12H17FN2O2/c1-7(5-8(2)16)15-12(17)10-4-3-9(13)6-11(10)14/h3-4,6-8,16H,5,14H2,1-2H3,(H,15,17). The molecule has 2 atom stereocenters. The molecule has 17 heavy (non-hydrogen) atoms. The van der Waals surface area contributed by atoms with E-state index in [0.29, 0.717) is 6.42 Å². The van der Waals surface area contributed by atoms with Crippen LogP contribution in [0, 0.1) is 5.82 Å². The third-order valence-electron chi connectivity index (χ3n) is 2.33. The van der Waals surface area contributed by atoms with E-state index < -0.39 is 11.9 Å². The molecule has 0 bridgehead atoms. The fraction of sp³-hybridized carbons (Fsp3) is 0.417. The third-order valence-corrected chi connectivity index (χ3v) is 2.33. The molecule has 1 amide bonds. The van der Waals surface area contributed by atoms with Gasteiger partial charge in [0, 0.05) is 11.7 Å². The van der Waals surface area contributed by atoms with Crippen LogP contribution in [0.1, 0.15) is 30.6 Å². The summed E-state index contributed by atoms with van der Waals surface area (Å²) in [6.45, 7) is 3.43. The first-order valence-electron chi connectivity index (χ1n) is 5.44. The van der Waals surface area contributed by atoms with Gasteiger partial charge in [-0.2, -0.15) is 0 Å². The smallest absolute Gasteiger partial charge is 0.253 e. The van der Waals surface area contributed by atoms with Crippen LogP contribution in [-0.4, -0.2) is 23.2 Å². The number of hydrogen-bond acceptors (Lipinski definition) is 3. The molecule has 1 aromatic carbocycles. The van der Waals surface area contributed by atoms with Crippen molar-refractivity contribution < 1.29 is 14.3 Å². The van der Waals surface area contributed by atoms with Gasteiger partial charge in [-0.05, 0) is 38.5 Å². The van der Waals surface area contributed by atoms with E-state index in [1.54, 1.807) is 13.8 Å². The minimum Gasteiger partial charge on any atom is -0.398 e. The zero-order valence-electron chi connectivity index (χ0n) is 9.90. The molecule has 1 rings (SSSR count). The predicted octanol–water partition coefficient (Wildman–Crippen LogP) is 1.30. The van der Waals surface area contributed by atoms with Crippen molar-refractivity contribution in [2.24, 2.45) is 0 Å². The molecule has 0 aromatic heterocycles. The lowest BCUT2D eigenvalue weighted by Gasteiger charge is -2.16. The molecule has 0 heterocycles. The number of carbonyl (C=O) groups excluding carboxylic acids is 1. The number of anilines is 1. The number of aliphatic hydroxyl groups is 1. The quantitative estimate of drug-likeness (QED) is 0.694. The van der Waals surface area contributed by atoms with Gasteiger partial charge >= 0.3 is 0 Å². The van der Waals surface area contributed by atoms with E-state index >= 15 is 0 Å². The minimum atomic E-state index is -0.490. The lowest BCUT2D eigenvalue weighted by Crippen LogP contribution is -2.35. The van der Waals surface area contributed by atoms with Crippen molar-refractivity contribution in [1.29, 1.82) is 0 Å². The van der Waals surface area contributed by atoms with Gasteiger partial charge in [0.2, 0.25) is 0 Å². The Bertz CT molecular complexity index is 407. The summed E-state index contributed by atoms with van der Waals surface area (Å²) < 4.78 is 12.8. The molecule has 0 saturated heterocycles. The van der Waals surface area contributed by atoms with E-state index in [1.807, 2.05) is 0 Å². The second-order valence-electron chi connectivity index (χ2n) is 4.19. The van der Waals surface area contributed by atoms with Crippen molar-refractivity contribution in [3.8, 4) is 0 Å². The van der Waals surface area contributed by atoms with Crippen LogP contribution < -0.4 is 11.1 Å². The molecule has 1 aromatic rings. The molecule has 2 unspecified atom stereocenters. The largest absolute Gasteiger partial charge is 0.398 e. The summed E-state index contributed by atoms with van der Waals surface area (Å²) in [5.41, 5.74) is 5.89. The van der Waals surface area contributed by atoms with Crippen molar-refractivity contribution in [1.82, 2.24) is 5.32 Å². The Morgan fingerprint density at radius 1 is 1.53 bits per heavy atom. The number of rotatable bonds is 4. The third kappa shape index (κ3) is 4.03. The number of nitrogens with one attached hydrogen (secondary N) is 1. The highest BCUT2D eigenvalue weighted by Crippen LogP contribution is 2.13. The Hall–Kier alpha value is -1.62. The van der Waals surface area contributed by atoms with E-state index in [-0.39, 0.29) is 23.2 Å². The molecule has 0 saturated carbocycles. The van der Waals surface area contributed by atoms with Crippen molar-refractivity contribution in [3.05, 3.63) is 29.6 Å². The number of amides is 1. The molecule has 94 valence electrons. The number of nitrogens with two attached hydrogens (primary N) is 1. The molecule has 0 aliphatic heterocycles. The van der Waals surface area contributed by atoms with Gasteiger partial charge < -0.3 is 16.2 Å². The van der Waals surface area contributed by atoms with Gasteiger partial charge in [-0.25, -0.2) is 4.39 Å². The van der Waals surface area contributed by atoms with Gasteiger partial charge in [0.25, 0.3) is 5.91 Å². The minimum absolute atomic E-state index is 0.103. The van der Waals surface area contributed by atoms with Gasteiger partial charge in [-0.15, -0.1) is 0 Å². The van der Waals surface area contributed by atoms with Crippen LogP contribution in [0.2, 0.25) is 0 Å². The van der Waals surface area contributed by atoms with E-state index in [1.165, 1.54) is 12.1 Å². The maximum atomic E-state index is 12.8. The van der Waals surface area contributed by atoms with Crippen LogP contribution in [0.4, 0.5) is 10.1 Å². The summed E-state index contributed by atoms with van der Waals surface area (Å²) in [7, 11) is 0. The first-order chi connectivity index (χ1) is 7.90. The van der Waals surface area contributed by atoms with Crippen LogP contribution in [-0.2, 0) is 0 Å². The second kappa shape index (κ2) is 5.63.